The molecule has 2 rings (SSSR count). The molecule has 0 spiro atoms. The molecule has 0 saturated heterocycles. The van der Waals surface area contributed by atoms with Gasteiger partial charge in [-0.05, 0) is 31.1 Å². The van der Waals surface area contributed by atoms with Crippen LogP contribution in [-0.4, -0.2) is 31.0 Å². The predicted molar refractivity (Wildman–Crippen MR) is 89.0 cm³/mol. The van der Waals surface area contributed by atoms with Crippen molar-refractivity contribution in [3.63, 3.8) is 0 Å². The summed E-state index contributed by atoms with van der Waals surface area (Å²) in [7, 11) is 1.98. The molecule has 1 aromatic heterocycles. The van der Waals surface area contributed by atoms with E-state index in [2.05, 4.69) is 24.1 Å². The lowest BCUT2D eigenvalue weighted by atomic mass is 10.0. The maximum atomic E-state index is 12.3. The Bertz CT molecular complexity index is 496. The molecule has 1 amide bonds. The number of nitrogens with one attached hydrogen (secondary N) is 1. The third-order valence-electron chi connectivity index (χ3n) is 4.10. The molecule has 0 aliphatic heterocycles. The summed E-state index contributed by atoms with van der Waals surface area (Å²) in [6, 6.07) is 0. The number of aromatic nitrogens is 1. The van der Waals surface area contributed by atoms with Crippen molar-refractivity contribution in [2.45, 2.75) is 46.0 Å². The average molecular weight is 310 g/mol. The molecule has 0 unspecified atom stereocenters. The number of nitrogens with two attached hydrogens (primary N) is 1. The van der Waals surface area contributed by atoms with Gasteiger partial charge in [-0.2, -0.15) is 0 Å². The van der Waals surface area contributed by atoms with E-state index >= 15 is 0 Å². The maximum Gasteiger partial charge on any atom is 0.265 e. The molecule has 118 valence electrons. The maximum absolute atomic E-state index is 12.3. The number of anilines is 2. The number of thiazole rings is 1. The van der Waals surface area contributed by atoms with E-state index in [-0.39, 0.29) is 5.91 Å². The highest BCUT2D eigenvalue weighted by Gasteiger charge is 2.41. The largest absolute Gasteiger partial charge is 0.382 e. The second-order valence-electron chi connectivity index (χ2n) is 6.07. The van der Waals surface area contributed by atoms with Gasteiger partial charge in [0.25, 0.3) is 5.91 Å². The Morgan fingerprint density at radius 2 is 2.14 bits per heavy atom. The van der Waals surface area contributed by atoms with Crippen LogP contribution in [0.25, 0.3) is 0 Å². The van der Waals surface area contributed by atoms with Crippen molar-refractivity contribution < 1.29 is 4.79 Å². The van der Waals surface area contributed by atoms with Crippen LogP contribution in [0.15, 0.2) is 0 Å². The minimum absolute atomic E-state index is 0.0801. The van der Waals surface area contributed by atoms with Gasteiger partial charge in [0.2, 0.25) is 0 Å². The topological polar surface area (TPSA) is 71.2 Å². The van der Waals surface area contributed by atoms with Crippen molar-refractivity contribution in [1.29, 1.82) is 0 Å². The third kappa shape index (κ3) is 3.87. The molecular formula is C15H26N4OS. The van der Waals surface area contributed by atoms with Gasteiger partial charge in [0.05, 0.1) is 0 Å². The molecule has 5 nitrogen and oxygen atoms in total. The lowest BCUT2D eigenvalue weighted by molar-refractivity contribution is 0.0948. The Labute approximate surface area is 130 Å². The van der Waals surface area contributed by atoms with Crippen LogP contribution in [0.2, 0.25) is 0 Å². The van der Waals surface area contributed by atoms with Crippen LogP contribution in [-0.2, 0) is 0 Å². The summed E-state index contributed by atoms with van der Waals surface area (Å²) in [5, 5.41) is 3.86. The molecule has 3 N–H and O–H groups in total. The Hall–Kier alpha value is -1.30. The van der Waals surface area contributed by atoms with Gasteiger partial charge < -0.3 is 16.0 Å². The molecule has 1 aromatic rings. The molecule has 1 aliphatic rings. The van der Waals surface area contributed by atoms with E-state index < -0.39 is 0 Å². The first-order chi connectivity index (χ1) is 10.0. The van der Waals surface area contributed by atoms with Gasteiger partial charge >= 0.3 is 0 Å². The highest BCUT2D eigenvalue weighted by Crippen LogP contribution is 2.49. The summed E-state index contributed by atoms with van der Waals surface area (Å²) in [4.78, 5) is 19.2. The molecule has 1 heterocycles. The lowest BCUT2D eigenvalue weighted by Gasteiger charge is -2.14. The number of amides is 1. The van der Waals surface area contributed by atoms with E-state index in [1.165, 1.54) is 37.0 Å². The van der Waals surface area contributed by atoms with Crippen LogP contribution >= 0.6 is 11.3 Å². The molecule has 0 aromatic carbocycles. The first kappa shape index (κ1) is 16.1. The number of hydrogen-bond acceptors (Lipinski definition) is 5. The van der Waals surface area contributed by atoms with Crippen molar-refractivity contribution in [3.8, 4) is 0 Å². The summed E-state index contributed by atoms with van der Waals surface area (Å²) in [6.07, 6.45) is 5.85. The van der Waals surface area contributed by atoms with Crippen molar-refractivity contribution in [2.75, 3.05) is 30.8 Å². The fourth-order valence-corrected chi connectivity index (χ4v) is 3.54. The first-order valence-electron chi connectivity index (χ1n) is 7.77. The van der Waals surface area contributed by atoms with E-state index in [0.717, 1.165) is 24.6 Å². The smallest absolute Gasteiger partial charge is 0.265 e. The van der Waals surface area contributed by atoms with E-state index in [1.807, 2.05) is 11.9 Å². The monoisotopic (exact) mass is 310 g/mol. The van der Waals surface area contributed by atoms with Gasteiger partial charge in [0.1, 0.15) is 10.7 Å². The zero-order valence-corrected chi connectivity index (χ0v) is 14.1. The van der Waals surface area contributed by atoms with E-state index in [9.17, 15) is 4.79 Å². The average Bonchev–Trinajstić information content (AvgIpc) is 3.10. The number of nitrogens with zero attached hydrogens (tertiary/aromatic N) is 2. The standard InChI is InChI=1S/C15H26N4OS/c1-4-6-15(7-8-15)10-17-13(20)11-12(16)18-14(21-11)19(3)9-5-2/h4-10,16H2,1-3H3,(H,17,20). The van der Waals surface area contributed by atoms with Crippen molar-refractivity contribution in [1.82, 2.24) is 10.3 Å². The number of nitrogen functional groups attached to an aromatic ring is 1. The van der Waals surface area contributed by atoms with Gasteiger partial charge in [-0.25, -0.2) is 4.98 Å². The fourth-order valence-electron chi connectivity index (χ4n) is 2.65. The molecule has 0 radical (unpaired) electrons. The van der Waals surface area contributed by atoms with Gasteiger partial charge in [0.15, 0.2) is 5.13 Å². The Morgan fingerprint density at radius 3 is 2.71 bits per heavy atom. The summed E-state index contributed by atoms with van der Waals surface area (Å²) in [5.74, 6) is 0.263. The molecule has 21 heavy (non-hydrogen) atoms. The first-order valence-corrected chi connectivity index (χ1v) is 8.58. The molecule has 6 heteroatoms. The number of hydrogen-bond donors (Lipinski definition) is 2. The minimum atomic E-state index is -0.0801. The van der Waals surface area contributed by atoms with E-state index in [4.69, 9.17) is 5.73 Å². The van der Waals surface area contributed by atoms with Crippen molar-refractivity contribution >= 4 is 28.2 Å². The molecule has 0 bridgehead atoms. The second-order valence-corrected chi connectivity index (χ2v) is 7.04. The SMILES string of the molecule is CCCN(C)c1nc(N)c(C(=O)NCC2(CCC)CC2)s1. The number of carbonyl (C=O) groups is 1. The Balaban J connectivity index is 1.96. The number of carbonyl (C=O) groups excluding carboxylic acids is 1. The van der Waals surface area contributed by atoms with Crippen LogP contribution in [0.1, 0.15) is 55.6 Å². The van der Waals surface area contributed by atoms with Crippen molar-refractivity contribution in [2.24, 2.45) is 5.41 Å². The summed E-state index contributed by atoms with van der Waals surface area (Å²) in [6.45, 7) is 5.98. The quantitative estimate of drug-likeness (QED) is 0.774. The normalized spacial score (nSPS) is 15.8. The molecular weight excluding hydrogens is 284 g/mol. The van der Waals surface area contributed by atoms with Gasteiger partial charge in [-0.1, -0.05) is 31.6 Å². The van der Waals surface area contributed by atoms with Crippen LogP contribution in [0.5, 0.6) is 0 Å². The summed E-state index contributed by atoms with van der Waals surface area (Å²) >= 11 is 1.38. The lowest BCUT2D eigenvalue weighted by Crippen LogP contribution is -2.30. The van der Waals surface area contributed by atoms with Crippen LogP contribution in [0, 0.1) is 5.41 Å². The second kappa shape index (κ2) is 6.64. The minimum Gasteiger partial charge on any atom is -0.382 e. The zero-order valence-electron chi connectivity index (χ0n) is 13.2. The number of rotatable bonds is 8. The molecule has 1 fully saturated rings. The van der Waals surface area contributed by atoms with Gasteiger partial charge in [-0.15, -0.1) is 0 Å². The van der Waals surface area contributed by atoms with Gasteiger partial charge in [-0.3, -0.25) is 4.79 Å². The Morgan fingerprint density at radius 1 is 1.43 bits per heavy atom. The highest BCUT2D eigenvalue weighted by molar-refractivity contribution is 7.18. The molecule has 1 aliphatic carbocycles. The van der Waals surface area contributed by atoms with Crippen LogP contribution < -0.4 is 16.0 Å². The fraction of sp³-hybridized carbons (Fsp3) is 0.733. The van der Waals surface area contributed by atoms with Crippen LogP contribution in [0.4, 0.5) is 10.9 Å². The summed E-state index contributed by atoms with van der Waals surface area (Å²) in [5.41, 5.74) is 6.25. The third-order valence-corrected chi connectivity index (χ3v) is 5.28. The highest BCUT2D eigenvalue weighted by atomic mass is 32.1. The van der Waals surface area contributed by atoms with Crippen LogP contribution in [0.3, 0.4) is 0 Å². The summed E-state index contributed by atoms with van der Waals surface area (Å²) < 4.78 is 0. The van der Waals surface area contributed by atoms with Gasteiger partial charge in [0, 0.05) is 20.1 Å². The molecule has 0 atom stereocenters. The van der Waals surface area contributed by atoms with E-state index in [0.29, 0.717) is 16.1 Å². The van der Waals surface area contributed by atoms with E-state index in [1.54, 1.807) is 0 Å². The molecule has 1 saturated carbocycles. The Kier molecular flexibility index (Phi) is 5.08. The zero-order chi connectivity index (χ0) is 15.5. The van der Waals surface area contributed by atoms with Crippen molar-refractivity contribution in [3.05, 3.63) is 4.88 Å². The predicted octanol–water partition coefficient (Wildman–Crippen LogP) is 2.88.